The first-order valence-corrected chi connectivity index (χ1v) is 9.86. The molecule has 1 atom stereocenters. The third-order valence-electron chi connectivity index (χ3n) is 4.30. The first kappa shape index (κ1) is 20.7. The van der Waals surface area contributed by atoms with E-state index in [0.717, 1.165) is 15.6 Å². The standard InChI is InChI=1S/C23H22BrNO4/c1-27-20-14-16(13-19(24)22(20)28-2)15-25-23(26)21(17-9-5-3-6-10-17)29-18-11-7-4-8-12-18/h3-14,21H,15H2,1-2H3,(H,25,26). The molecule has 0 spiro atoms. The van der Waals surface area contributed by atoms with Gasteiger partial charge in [-0.3, -0.25) is 4.79 Å². The maximum Gasteiger partial charge on any atom is 0.266 e. The van der Waals surface area contributed by atoms with Crippen LogP contribution < -0.4 is 19.5 Å². The summed E-state index contributed by atoms with van der Waals surface area (Å²) in [4.78, 5) is 13.0. The zero-order valence-electron chi connectivity index (χ0n) is 16.2. The Labute approximate surface area is 178 Å². The molecule has 3 aromatic rings. The van der Waals surface area contributed by atoms with Crippen LogP contribution in [-0.2, 0) is 11.3 Å². The van der Waals surface area contributed by atoms with E-state index < -0.39 is 6.10 Å². The SMILES string of the molecule is COc1cc(CNC(=O)C(Oc2ccccc2)c2ccccc2)cc(Br)c1OC. The van der Waals surface area contributed by atoms with Crippen LogP contribution in [0.15, 0.2) is 77.3 Å². The van der Waals surface area contributed by atoms with Gasteiger partial charge in [-0.1, -0.05) is 48.5 Å². The van der Waals surface area contributed by atoms with Crippen molar-refractivity contribution >= 4 is 21.8 Å². The molecule has 0 saturated heterocycles. The predicted octanol–water partition coefficient (Wildman–Crippen LogP) is 4.90. The van der Waals surface area contributed by atoms with Crippen LogP contribution in [0.25, 0.3) is 0 Å². The van der Waals surface area contributed by atoms with Crippen molar-refractivity contribution in [3.8, 4) is 17.2 Å². The highest BCUT2D eigenvalue weighted by molar-refractivity contribution is 9.10. The first-order valence-electron chi connectivity index (χ1n) is 9.07. The van der Waals surface area contributed by atoms with Crippen molar-refractivity contribution < 1.29 is 19.0 Å². The molecule has 3 aromatic carbocycles. The molecule has 0 aromatic heterocycles. The van der Waals surface area contributed by atoms with E-state index >= 15 is 0 Å². The van der Waals surface area contributed by atoms with Crippen LogP contribution in [0, 0.1) is 0 Å². The molecule has 0 heterocycles. The molecule has 150 valence electrons. The third kappa shape index (κ3) is 5.29. The van der Waals surface area contributed by atoms with Crippen molar-refractivity contribution in [1.29, 1.82) is 0 Å². The molecule has 5 nitrogen and oxygen atoms in total. The van der Waals surface area contributed by atoms with E-state index in [2.05, 4.69) is 21.2 Å². The molecule has 1 amide bonds. The normalized spacial score (nSPS) is 11.4. The van der Waals surface area contributed by atoms with Gasteiger partial charge in [0.2, 0.25) is 6.10 Å². The van der Waals surface area contributed by atoms with Gasteiger partial charge in [0.15, 0.2) is 11.5 Å². The molecule has 29 heavy (non-hydrogen) atoms. The Morgan fingerprint density at radius 3 is 2.24 bits per heavy atom. The molecule has 0 aliphatic carbocycles. The zero-order chi connectivity index (χ0) is 20.6. The molecular formula is C23H22BrNO4. The summed E-state index contributed by atoms with van der Waals surface area (Å²) in [5.41, 5.74) is 1.65. The number of carbonyl (C=O) groups excluding carboxylic acids is 1. The Balaban J connectivity index is 1.77. The van der Waals surface area contributed by atoms with E-state index in [0.29, 0.717) is 23.8 Å². The van der Waals surface area contributed by atoms with Crippen molar-refractivity contribution in [2.45, 2.75) is 12.6 Å². The summed E-state index contributed by atoms with van der Waals surface area (Å²) in [6.07, 6.45) is -0.762. The molecule has 0 aliphatic rings. The molecule has 6 heteroatoms. The summed E-state index contributed by atoms with van der Waals surface area (Å²) < 4.78 is 17.4. The summed E-state index contributed by atoms with van der Waals surface area (Å²) in [6, 6.07) is 22.4. The lowest BCUT2D eigenvalue weighted by atomic mass is 10.1. The Hall–Kier alpha value is -2.99. The lowest BCUT2D eigenvalue weighted by molar-refractivity contribution is -0.128. The van der Waals surface area contributed by atoms with Crippen LogP contribution in [0.5, 0.6) is 17.2 Å². The van der Waals surface area contributed by atoms with Gasteiger partial charge in [-0.15, -0.1) is 0 Å². The van der Waals surface area contributed by atoms with Crippen LogP contribution in [0.4, 0.5) is 0 Å². The minimum atomic E-state index is -0.762. The fourth-order valence-corrected chi connectivity index (χ4v) is 3.54. The maximum atomic E-state index is 13.0. The van der Waals surface area contributed by atoms with E-state index in [1.165, 1.54) is 0 Å². The van der Waals surface area contributed by atoms with Crippen LogP contribution in [0.1, 0.15) is 17.2 Å². The number of benzene rings is 3. The maximum absolute atomic E-state index is 13.0. The molecule has 0 radical (unpaired) electrons. The summed E-state index contributed by atoms with van der Waals surface area (Å²) in [5.74, 6) is 1.60. The van der Waals surface area contributed by atoms with Gasteiger partial charge in [-0.05, 0) is 45.8 Å². The van der Waals surface area contributed by atoms with Crippen molar-refractivity contribution in [1.82, 2.24) is 5.32 Å². The zero-order valence-corrected chi connectivity index (χ0v) is 17.8. The van der Waals surface area contributed by atoms with E-state index in [9.17, 15) is 4.79 Å². The van der Waals surface area contributed by atoms with Gasteiger partial charge in [0.1, 0.15) is 5.75 Å². The van der Waals surface area contributed by atoms with Crippen molar-refractivity contribution in [3.05, 3.63) is 88.4 Å². The molecule has 3 rings (SSSR count). The van der Waals surface area contributed by atoms with Crippen molar-refractivity contribution in [3.63, 3.8) is 0 Å². The minimum Gasteiger partial charge on any atom is -0.493 e. The van der Waals surface area contributed by atoms with Gasteiger partial charge in [0, 0.05) is 12.1 Å². The highest BCUT2D eigenvalue weighted by atomic mass is 79.9. The number of amides is 1. The number of para-hydroxylation sites is 1. The van der Waals surface area contributed by atoms with Gasteiger partial charge < -0.3 is 19.5 Å². The Kier molecular flexibility index (Phi) is 7.14. The lowest BCUT2D eigenvalue weighted by Gasteiger charge is -2.19. The van der Waals surface area contributed by atoms with Gasteiger partial charge in [0.05, 0.1) is 18.7 Å². The van der Waals surface area contributed by atoms with Crippen LogP contribution >= 0.6 is 15.9 Å². The number of ether oxygens (including phenoxy) is 3. The molecular weight excluding hydrogens is 434 g/mol. The minimum absolute atomic E-state index is 0.231. The lowest BCUT2D eigenvalue weighted by Crippen LogP contribution is -2.32. The fourth-order valence-electron chi connectivity index (χ4n) is 2.89. The number of nitrogens with one attached hydrogen (secondary N) is 1. The van der Waals surface area contributed by atoms with Crippen molar-refractivity contribution in [2.24, 2.45) is 0 Å². The van der Waals surface area contributed by atoms with Crippen LogP contribution in [0.3, 0.4) is 0 Å². The van der Waals surface area contributed by atoms with Gasteiger partial charge >= 0.3 is 0 Å². The summed E-state index contributed by atoms with van der Waals surface area (Å²) in [7, 11) is 3.15. The van der Waals surface area contributed by atoms with E-state index in [4.69, 9.17) is 14.2 Å². The van der Waals surface area contributed by atoms with E-state index in [-0.39, 0.29) is 5.91 Å². The van der Waals surface area contributed by atoms with Gasteiger partial charge in [-0.2, -0.15) is 0 Å². The fraction of sp³-hybridized carbons (Fsp3) is 0.174. The monoisotopic (exact) mass is 455 g/mol. The van der Waals surface area contributed by atoms with E-state index in [1.54, 1.807) is 14.2 Å². The second-order valence-electron chi connectivity index (χ2n) is 6.25. The van der Waals surface area contributed by atoms with Gasteiger partial charge in [-0.25, -0.2) is 0 Å². The number of hydrogen-bond acceptors (Lipinski definition) is 4. The summed E-state index contributed by atoms with van der Waals surface area (Å²) in [5, 5.41) is 2.95. The second kappa shape index (κ2) is 9.98. The second-order valence-corrected chi connectivity index (χ2v) is 7.11. The molecule has 0 aliphatic heterocycles. The Bertz CT molecular complexity index is 948. The quantitative estimate of drug-likeness (QED) is 0.524. The number of hydrogen-bond donors (Lipinski definition) is 1. The van der Waals surface area contributed by atoms with E-state index in [1.807, 2.05) is 72.8 Å². The molecule has 0 fully saturated rings. The Morgan fingerprint density at radius 2 is 1.62 bits per heavy atom. The largest absolute Gasteiger partial charge is 0.493 e. The highest BCUT2D eigenvalue weighted by Crippen LogP contribution is 2.36. The summed E-state index contributed by atoms with van der Waals surface area (Å²) in [6.45, 7) is 0.319. The number of halogens is 1. The Morgan fingerprint density at radius 1 is 0.966 bits per heavy atom. The van der Waals surface area contributed by atoms with Crippen molar-refractivity contribution in [2.75, 3.05) is 14.2 Å². The average Bonchev–Trinajstić information content (AvgIpc) is 2.76. The van der Waals surface area contributed by atoms with Gasteiger partial charge in [0.25, 0.3) is 5.91 Å². The first-order chi connectivity index (χ1) is 14.1. The van der Waals surface area contributed by atoms with Crippen LogP contribution in [-0.4, -0.2) is 20.1 Å². The third-order valence-corrected chi connectivity index (χ3v) is 4.89. The number of rotatable bonds is 8. The number of carbonyl (C=O) groups is 1. The number of methoxy groups -OCH3 is 2. The smallest absolute Gasteiger partial charge is 0.266 e. The molecule has 1 N–H and O–H groups in total. The highest BCUT2D eigenvalue weighted by Gasteiger charge is 2.22. The average molecular weight is 456 g/mol. The molecule has 0 bridgehead atoms. The van der Waals surface area contributed by atoms with Crippen LogP contribution in [0.2, 0.25) is 0 Å². The predicted molar refractivity (Wildman–Crippen MR) is 115 cm³/mol. The molecule has 0 saturated carbocycles. The topological polar surface area (TPSA) is 56.8 Å². The summed E-state index contributed by atoms with van der Waals surface area (Å²) >= 11 is 3.47. The molecule has 1 unspecified atom stereocenters.